The summed E-state index contributed by atoms with van der Waals surface area (Å²) in [5.74, 6) is -1.07. The second kappa shape index (κ2) is 4.49. The molecule has 0 fully saturated rings. The molecule has 2 aromatic rings. The molecule has 0 radical (unpaired) electrons. The summed E-state index contributed by atoms with van der Waals surface area (Å²) in [6.45, 7) is 2.00. The summed E-state index contributed by atoms with van der Waals surface area (Å²) in [6.07, 6.45) is 1.14. The van der Waals surface area contributed by atoms with Gasteiger partial charge in [-0.15, -0.1) is 0 Å². The SMILES string of the molecule is CC(=CC(=O)O)CN1C(=O)c2cccc3cccc1c23. The Kier molecular flexibility index (Phi) is 2.79. The normalized spacial score (nSPS) is 14.2. The highest BCUT2D eigenvalue weighted by molar-refractivity contribution is 6.25. The van der Waals surface area contributed by atoms with Crippen molar-refractivity contribution >= 4 is 28.3 Å². The van der Waals surface area contributed by atoms with Gasteiger partial charge in [-0.2, -0.15) is 0 Å². The molecule has 2 aromatic carbocycles. The highest BCUT2D eigenvalue weighted by Gasteiger charge is 2.29. The van der Waals surface area contributed by atoms with Crippen molar-refractivity contribution in [2.75, 3.05) is 11.4 Å². The topological polar surface area (TPSA) is 57.6 Å². The molecule has 4 heteroatoms. The van der Waals surface area contributed by atoms with E-state index in [2.05, 4.69) is 0 Å². The number of carboxylic acid groups (broad SMARTS) is 1. The minimum Gasteiger partial charge on any atom is -0.478 e. The zero-order valence-electron chi connectivity index (χ0n) is 11.0. The Morgan fingerprint density at radius 2 is 1.95 bits per heavy atom. The van der Waals surface area contributed by atoms with Crippen molar-refractivity contribution in [2.24, 2.45) is 0 Å². The smallest absolute Gasteiger partial charge is 0.328 e. The summed E-state index contributed by atoms with van der Waals surface area (Å²) in [4.78, 5) is 24.8. The summed E-state index contributed by atoms with van der Waals surface area (Å²) < 4.78 is 0. The monoisotopic (exact) mass is 267 g/mol. The molecule has 1 aliphatic heterocycles. The maximum atomic E-state index is 12.4. The Labute approximate surface area is 115 Å². The van der Waals surface area contributed by atoms with Crippen LogP contribution >= 0.6 is 0 Å². The third-order valence-electron chi connectivity index (χ3n) is 3.43. The van der Waals surface area contributed by atoms with Gasteiger partial charge in [0.1, 0.15) is 0 Å². The molecule has 0 aliphatic carbocycles. The molecule has 0 bridgehead atoms. The first-order chi connectivity index (χ1) is 9.58. The molecule has 1 aliphatic rings. The number of hydrogen-bond donors (Lipinski definition) is 1. The molecule has 20 heavy (non-hydrogen) atoms. The van der Waals surface area contributed by atoms with Gasteiger partial charge in [0.2, 0.25) is 0 Å². The number of aliphatic carboxylic acids is 1. The summed E-state index contributed by atoms with van der Waals surface area (Å²) in [5.41, 5.74) is 2.16. The van der Waals surface area contributed by atoms with Gasteiger partial charge in [-0.25, -0.2) is 4.79 Å². The van der Waals surface area contributed by atoms with Crippen LogP contribution in [0.1, 0.15) is 17.3 Å². The van der Waals surface area contributed by atoms with Gasteiger partial charge in [0.05, 0.1) is 5.69 Å². The van der Waals surface area contributed by atoms with Crippen LogP contribution in [0.5, 0.6) is 0 Å². The lowest BCUT2D eigenvalue weighted by Crippen LogP contribution is -2.28. The quantitative estimate of drug-likeness (QED) is 0.870. The van der Waals surface area contributed by atoms with Crippen LogP contribution in [0.2, 0.25) is 0 Å². The minimum absolute atomic E-state index is 0.0741. The average molecular weight is 267 g/mol. The second-order valence-electron chi connectivity index (χ2n) is 4.90. The molecule has 4 nitrogen and oxygen atoms in total. The zero-order valence-corrected chi connectivity index (χ0v) is 11.0. The van der Waals surface area contributed by atoms with Crippen LogP contribution in [0.4, 0.5) is 5.69 Å². The van der Waals surface area contributed by atoms with Crippen molar-refractivity contribution < 1.29 is 14.7 Å². The number of benzene rings is 2. The fraction of sp³-hybridized carbons (Fsp3) is 0.125. The Morgan fingerprint density at radius 3 is 2.65 bits per heavy atom. The van der Waals surface area contributed by atoms with Gasteiger partial charge in [-0.3, -0.25) is 4.79 Å². The van der Waals surface area contributed by atoms with E-state index in [9.17, 15) is 9.59 Å². The van der Waals surface area contributed by atoms with Crippen molar-refractivity contribution in [3.05, 3.63) is 53.6 Å². The van der Waals surface area contributed by atoms with Crippen LogP contribution in [0.25, 0.3) is 10.8 Å². The standard InChI is InChI=1S/C16H13NO3/c1-10(8-14(18)19)9-17-13-7-3-5-11-4-2-6-12(15(11)13)16(17)20/h2-8H,9H2,1H3,(H,18,19). The highest BCUT2D eigenvalue weighted by atomic mass is 16.4. The lowest BCUT2D eigenvalue weighted by atomic mass is 10.1. The summed E-state index contributed by atoms with van der Waals surface area (Å²) >= 11 is 0. The van der Waals surface area contributed by atoms with Crippen molar-refractivity contribution in [2.45, 2.75) is 6.92 Å². The predicted octanol–water partition coefficient (Wildman–Crippen LogP) is 2.83. The van der Waals surface area contributed by atoms with Gasteiger partial charge in [0.15, 0.2) is 0 Å². The average Bonchev–Trinajstić information content (AvgIpc) is 2.66. The van der Waals surface area contributed by atoms with Crippen LogP contribution in [-0.2, 0) is 4.79 Å². The van der Waals surface area contributed by atoms with E-state index in [-0.39, 0.29) is 5.91 Å². The minimum atomic E-state index is -0.995. The van der Waals surface area contributed by atoms with Gasteiger partial charge in [0, 0.05) is 23.6 Å². The van der Waals surface area contributed by atoms with Gasteiger partial charge in [0.25, 0.3) is 5.91 Å². The van der Waals surface area contributed by atoms with E-state index in [1.807, 2.05) is 36.4 Å². The fourth-order valence-corrected chi connectivity index (χ4v) is 2.64. The number of carbonyl (C=O) groups is 2. The van der Waals surface area contributed by atoms with Gasteiger partial charge >= 0.3 is 5.97 Å². The number of rotatable bonds is 3. The summed E-state index contributed by atoms with van der Waals surface area (Å²) in [5, 5.41) is 10.7. The van der Waals surface area contributed by atoms with E-state index in [0.717, 1.165) is 22.5 Å². The van der Waals surface area contributed by atoms with E-state index < -0.39 is 5.97 Å². The molecule has 0 atom stereocenters. The summed E-state index contributed by atoms with van der Waals surface area (Å²) in [7, 11) is 0. The third kappa shape index (κ3) is 1.86. The van der Waals surface area contributed by atoms with Crippen molar-refractivity contribution in [3.63, 3.8) is 0 Å². The number of anilines is 1. The third-order valence-corrected chi connectivity index (χ3v) is 3.43. The van der Waals surface area contributed by atoms with E-state index >= 15 is 0 Å². The van der Waals surface area contributed by atoms with E-state index in [0.29, 0.717) is 17.7 Å². The number of hydrogen-bond acceptors (Lipinski definition) is 2. The molecule has 1 heterocycles. The maximum absolute atomic E-state index is 12.4. The molecule has 0 saturated heterocycles. The Bertz CT molecular complexity index is 756. The second-order valence-corrected chi connectivity index (χ2v) is 4.90. The molecule has 100 valence electrons. The number of amides is 1. The Hall–Kier alpha value is -2.62. The Morgan fingerprint density at radius 1 is 1.25 bits per heavy atom. The zero-order chi connectivity index (χ0) is 14.3. The molecule has 3 rings (SSSR count). The molecule has 0 saturated carbocycles. The number of carbonyl (C=O) groups excluding carboxylic acids is 1. The maximum Gasteiger partial charge on any atom is 0.328 e. The molecule has 1 N–H and O–H groups in total. The molecule has 0 aromatic heterocycles. The van der Waals surface area contributed by atoms with Crippen LogP contribution < -0.4 is 4.90 Å². The Balaban J connectivity index is 2.07. The van der Waals surface area contributed by atoms with Crippen LogP contribution in [-0.4, -0.2) is 23.5 Å². The highest BCUT2D eigenvalue weighted by Crippen LogP contribution is 2.37. The number of nitrogens with zero attached hydrogens (tertiary/aromatic N) is 1. The van der Waals surface area contributed by atoms with Crippen molar-refractivity contribution in [3.8, 4) is 0 Å². The van der Waals surface area contributed by atoms with Crippen LogP contribution in [0.15, 0.2) is 48.0 Å². The predicted molar refractivity (Wildman–Crippen MR) is 77.0 cm³/mol. The lowest BCUT2D eigenvalue weighted by Gasteiger charge is -2.17. The molecule has 1 amide bonds. The van der Waals surface area contributed by atoms with E-state index in [1.54, 1.807) is 11.8 Å². The van der Waals surface area contributed by atoms with Crippen molar-refractivity contribution in [1.82, 2.24) is 0 Å². The molecule has 0 spiro atoms. The largest absolute Gasteiger partial charge is 0.478 e. The van der Waals surface area contributed by atoms with Crippen molar-refractivity contribution in [1.29, 1.82) is 0 Å². The van der Waals surface area contributed by atoms with Gasteiger partial charge in [-0.05, 0) is 30.0 Å². The molecular formula is C16H13NO3. The molecular weight excluding hydrogens is 254 g/mol. The van der Waals surface area contributed by atoms with Gasteiger partial charge < -0.3 is 10.0 Å². The summed E-state index contributed by atoms with van der Waals surface area (Å²) in [6, 6.07) is 11.4. The lowest BCUT2D eigenvalue weighted by molar-refractivity contribution is -0.131. The first kappa shape index (κ1) is 12.4. The van der Waals surface area contributed by atoms with Crippen LogP contribution in [0, 0.1) is 0 Å². The first-order valence-corrected chi connectivity index (χ1v) is 6.31. The van der Waals surface area contributed by atoms with Crippen LogP contribution in [0.3, 0.4) is 0 Å². The first-order valence-electron chi connectivity index (χ1n) is 6.31. The number of carboxylic acids is 1. The van der Waals surface area contributed by atoms with E-state index in [1.165, 1.54) is 0 Å². The van der Waals surface area contributed by atoms with E-state index in [4.69, 9.17) is 5.11 Å². The van der Waals surface area contributed by atoms with Gasteiger partial charge in [-0.1, -0.05) is 24.3 Å². The molecule has 0 unspecified atom stereocenters. The fourth-order valence-electron chi connectivity index (χ4n) is 2.64.